The minimum absolute atomic E-state index is 0. The van der Waals surface area contributed by atoms with Gasteiger partial charge in [0, 0.05) is 43.5 Å². The predicted octanol–water partition coefficient (Wildman–Crippen LogP) is 2.19. The van der Waals surface area contributed by atoms with Crippen molar-refractivity contribution in [2.24, 2.45) is 4.99 Å². The van der Waals surface area contributed by atoms with E-state index < -0.39 is 0 Å². The Morgan fingerprint density at radius 3 is 2.68 bits per heavy atom. The summed E-state index contributed by atoms with van der Waals surface area (Å²) >= 11 is 1.75. The Hall–Kier alpha value is -0.900. The van der Waals surface area contributed by atoms with E-state index in [1.54, 1.807) is 11.3 Å². The lowest BCUT2D eigenvalue weighted by atomic mass is 10.3. The van der Waals surface area contributed by atoms with Gasteiger partial charge in [-0.25, -0.2) is 4.98 Å². The van der Waals surface area contributed by atoms with Gasteiger partial charge in [-0.15, -0.1) is 35.3 Å². The number of nitrogens with zero attached hydrogens (tertiary/aromatic N) is 4. The van der Waals surface area contributed by atoms with Crippen LogP contribution in [0.1, 0.15) is 35.3 Å². The highest BCUT2D eigenvalue weighted by Gasteiger charge is 2.36. The molecule has 0 bridgehead atoms. The smallest absolute Gasteiger partial charge is 0.242 e. The molecule has 1 amide bonds. The lowest BCUT2D eigenvalue weighted by Crippen LogP contribution is -2.55. The number of carbonyl (C=O) groups is 1. The maximum Gasteiger partial charge on any atom is 0.242 e. The monoisotopic (exact) mass is 477 g/mol. The molecule has 2 heterocycles. The maximum absolute atomic E-state index is 12.3. The average Bonchev–Trinajstić information content (AvgIpc) is 3.32. The van der Waals surface area contributed by atoms with E-state index >= 15 is 0 Å². The summed E-state index contributed by atoms with van der Waals surface area (Å²) in [5.74, 6) is 1.10. The number of amides is 1. The number of nitrogens with one attached hydrogen (secondary N) is 1. The molecule has 2 fully saturated rings. The van der Waals surface area contributed by atoms with Gasteiger partial charge in [0.15, 0.2) is 5.96 Å². The molecule has 25 heavy (non-hydrogen) atoms. The largest absolute Gasteiger partial charge is 0.357 e. The quantitative estimate of drug-likeness (QED) is 0.402. The van der Waals surface area contributed by atoms with E-state index in [0.717, 1.165) is 49.3 Å². The van der Waals surface area contributed by atoms with Crippen molar-refractivity contribution < 1.29 is 4.79 Å². The fourth-order valence-corrected chi connectivity index (χ4v) is 4.06. The zero-order chi connectivity index (χ0) is 17.1. The summed E-state index contributed by atoms with van der Waals surface area (Å²) in [7, 11) is 0. The van der Waals surface area contributed by atoms with Crippen LogP contribution in [0.4, 0.5) is 0 Å². The molecule has 0 unspecified atom stereocenters. The molecule has 1 aliphatic heterocycles. The predicted molar refractivity (Wildman–Crippen MR) is 113 cm³/mol. The fraction of sp³-hybridized carbons (Fsp3) is 0.706. The number of hydrogen-bond acceptors (Lipinski definition) is 4. The summed E-state index contributed by atoms with van der Waals surface area (Å²) in [4.78, 5) is 27.0. The van der Waals surface area contributed by atoms with Crippen LogP contribution in [0.5, 0.6) is 0 Å². The Kier molecular flexibility index (Phi) is 7.48. The lowest BCUT2D eigenvalue weighted by Gasteiger charge is -2.36. The van der Waals surface area contributed by atoms with Crippen LogP contribution >= 0.6 is 35.3 Å². The molecule has 3 rings (SSSR count). The molecule has 1 N–H and O–H groups in total. The highest BCUT2D eigenvalue weighted by atomic mass is 127. The molecule has 1 aromatic rings. The molecule has 140 valence electrons. The van der Waals surface area contributed by atoms with Gasteiger partial charge in [0.1, 0.15) is 0 Å². The average molecular weight is 477 g/mol. The first-order chi connectivity index (χ1) is 11.6. The van der Waals surface area contributed by atoms with Gasteiger partial charge < -0.3 is 15.1 Å². The molecule has 0 atom stereocenters. The number of hydrogen-bond donors (Lipinski definition) is 1. The second-order valence-corrected chi connectivity index (χ2v) is 7.75. The Morgan fingerprint density at radius 2 is 2.12 bits per heavy atom. The van der Waals surface area contributed by atoms with E-state index in [9.17, 15) is 4.79 Å². The third-order valence-corrected chi connectivity index (χ3v) is 5.61. The number of carbonyl (C=O) groups excluding carboxylic acids is 1. The molecule has 6 nitrogen and oxygen atoms in total. The molecule has 0 aromatic carbocycles. The highest BCUT2D eigenvalue weighted by Crippen LogP contribution is 2.28. The normalized spacial score (nSPS) is 18.4. The van der Waals surface area contributed by atoms with E-state index in [1.165, 1.54) is 17.7 Å². The number of piperazine rings is 1. The van der Waals surface area contributed by atoms with Crippen LogP contribution in [0.3, 0.4) is 0 Å². The second-order valence-electron chi connectivity index (χ2n) is 6.47. The van der Waals surface area contributed by atoms with Crippen molar-refractivity contribution in [2.45, 2.75) is 46.1 Å². The highest BCUT2D eigenvalue weighted by molar-refractivity contribution is 14.0. The minimum atomic E-state index is 0. The van der Waals surface area contributed by atoms with E-state index in [0.29, 0.717) is 12.6 Å². The number of rotatable bonds is 5. The molecule has 8 heteroatoms. The van der Waals surface area contributed by atoms with E-state index in [1.807, 2.05) is 11.8 Å². The standard InChI is InChI=1S/C17H27N5OS.HI/c1-4-18-17(19-8-7-15-12(2)20-13(3)24-15)21-9-10-22(14-5-6-14)16(23)11-21;/h14H,4-11H2,1-3H3,(H,18,19);1H. The molecule has 1 aliphatic carbocycles. The Bertz CT molecular complexity index is 629. The Morgan fingerprint density at radius 1 is 1.36 bits per heavy atom. The van der Waals surface area contributed by atoms with Crippen molar-refractivity contribution in [3.63, 3.8) is 0 Å². The third-order valence-electron chi connectivity index (χ3n) is 4.48. The van der Waals surface area contributed by atoms with Crippen LogP contribution in [0, 0.1) is 13.8 Å². The Balaban J connectivity index is 0.00000225. The first-order valence-corrected chi connectivity index (χ1v) is 9.65. The number of thiazole rings is 1. The van der Waals surface area contributed by atoms with Crippen molar-refractivity contribution in [2.75, 3.05) is 32.7 Å². The zero-order valence-corrected chi connectivity index (χ0v) is 18.4. The Labute approximate surface area is 171 Å². The number of aromatic nitrogens is 1. The van der Waals surface area contributed by atoms with Gasteiger partial charge in [0.25, 0.3) is 0 Å². The molecular weight excluding hydrogens is 449 g/mol. The van der Waals surface area contributed by atoms with Crippen molar-refractivity contribution in [3.8, 4) is 0 Å². The topological polar surface area (TPSA) is 60.8 Å². The first kappa shape index (κ1) is 20.4. The van der Waals surface area contributed by atoms with E-state index in [2.05, 4.69) is 29.0 Å². The van der Waals surface area contributed by atoms with Gasteiger partial charge in [-0.3, -0.25) is 9.79 Å². The van der Waals surface area contributed by atoms with Crippen LogP contribution < -0.4 is 5.32 Å². The van der Waals surface area contributed by atoms with Crippen LogP contribution in [-0.2, 0) is 11.2 Å². The number of aliphatic imine (C=N–C) groups is 1. The van der Waals surface area contributed by atoms with Gasteiger partial charge in [-0.2, -0.15) is 0 Å². The van der Waals surface area contributed by atoms with Crippen molar-refractivity contribution >= 4 is 47.2 Å². The minimum Gasteiger partial charge on any atom is -0.357 e. The van der Waals surface area contributed by atoms with Gasteiger partial charge >= 0.3 is 0 Å². The summed E-state index contributed by atoms with van der Waals surface area (Å²) in [6, 6.07) is 0.511. The summed E-state index contributed by atoms with van der Waals surface area (Å²) < 4.78 is 0. The molecule has 1 aromatic heterocycles. The van der Waals surface area contributed by atoms with Gasteiger partial charge in [-0.05, 0) is 33.6 Å². The van der Waals surface area contributed by atoms with E-state index in [-0.39, 0.29) is 29.9 Å². The van der Waals surface area contributed by atoms with Crippen LogP contribution in [0.15, 0.2) is 4.99 Å². The third kappa shape index (κ3) is 5.29. The lowest BCUT2D eigenvalue weighted by molar-refractivity contribution is -0.135. The van der Waals surface area contributed by atoms with Crippen LogP contribution in [-0.4, -0.2) is 65.4 Å². The SMILES string of the molecule is CCNC(=NCCc1sc(C)nc1C)N1CCN(C2CC2)C(=O)C1.I. The van der Waals surface area contributed by atoms with Crippen LogP contribution in [0.2, 0.25) is 0 Å². The maximum atomic E-state index is 12.3. The van der Waals surface area contributed by atoms with Crippen molar-refractivity contribution in [1.29, 1.82) is 0 Å². The molecule has 1 saturated heterocycles. The summed E-state index contributed by atoms with van der Waals surface area (Å²) in [6.07, 6.45) is 3.25. The molecule has 0 spiro atoms. The van der Waals surface area contributed by atoms with Gasteiger partial charge in [0.05, 0.1) is 17.2 Å². The van der Waals surface area contributed by atoms with Crippen molar-refractivity contribution in [1.82, 2.24) is 20.1 Å². The molecule has 2 aliphatic rings. The van der Waals surface area contributed by atoms with Gasteiger partial charge in [0.2, 0.25) is 5.91 Å². The zero-order valence-electron chi connectivity index (χ0n) is 15.2. The first-order valence-electron chi connectivity index (χ1n) is 8.84. The fourth-order valence-electron chi connectivity index (χ4n) is 3.13. The molecule has 0 radical (unpaired) electrons. The van der Waals surface area contributed by atoms with Gasteiger partial charge in [-0.1, -0.05) is 0 Å². The molecular formula is C17H28IN5OS. The summed E-state index contributed by atoms with van der Waals surface area (Å²) in [5.41, 5.74) is 1.12. The van der Waals surface area contributed by atoms with Crippen LogP contribution in [0.25, 0.3) is 0 Å². The number of aryl methyl sites for hydroxylation is 2. The van der Waals surface area contributed by atoms with Crippen molar-refractivity contribution in [3.05, 3.63) is 15.6 Å². The number of halogens is 1. The molecule has 1 saturated carbocycles. The number of guanidine groups is 1. The summed E-state index contributed by atoms with van der Waals surface area (Å²) in [5, 5.41) is 4.44. The second kappa shape index (κ2) is 9.16. The van der Waals surface area contributed by atoms with E-state index in [4.69, 9.17) is 4.99 Å². The summed E-state index contributed by atoms with van der Waals surface area (Å²) in [6.45, 7) is 9.84.